The van der Waals surface area contributed by atoms with E-state index in [1.807, 2.05) is 33.7 Å². The van der Waals surface area contributed by atoms with Gasteiger partial charge in [0.2, 0.25) is 5.91 Å². The molecule has 2 fully saturated rings. The van der Waals surface area contributed by atoms with Crippen molar-refractivity contribution in [2.75, 3.05) is 24.5 Å². The second-order valence-electron chi connectivity index (χ2n) is 9.20. The van der Waals surface area contributed by atoms with Gasteiger partial charge in [0.05, 0.1) is 17.6 Å². The van der Waals surface area contributed by atoms with Crippen molar-refractivity contribution in [1.29, 1.82) is 0 Å². The zero-order valence-electron chi connectivity index (χ0n) is 19.4. The van der Waals surface area contributed by atoms with E-state index in [1.54, 1.807) is 17.0 Å². The lowest BCUT2D eigenvalue weighted by atomic mass is 9.95. The Labute approximate surface area is 198 Å². The topological polar surface area (TPSA) is 67.7 Å². The molecule has 0 bridgehead atoms. The Hall–Kier alpha value is -3.42. The maximum atomic E-state index is 13.3. The Kier molecular flexibility index (Phi) is 5.98. The first-order valence-corrected chi connectivity index (χ1v) is 12.0. The van der Waals surface area contributed by atoms with Crippen molar-refractivity contribution in [3.8, 4) is 0 Å². The quantitative estimate of drug-likeness (QED) is 0.556. The van der Waals surface area contributed by atoms with Gasteiger partial charge in [0.15, 0.2) is 0 Å². The van der Waals surface area contributed by atoms with Crippen molar-refractivity contribution < 1.29 is 18.7 Å². The van der Waals surface area contributed by atoms with Crippen LogP contribution in [0, 0.1) is 5.82 Å². The van der Waals surface area contributed by atoms with Gasteiger partial charge in [0, 0.05) is 31.6 Å². The first-order valence-electron chi connectivity index (χ1n) is 12.0. The molecule has 1 aromatic heterocycles. The van der Waals surface area contributed by atoms with Crippen LogP contribution >= 0.6 is 0 Å². The average molecular weight is 465 g/mol. The van der Waals surface area contributed by atoms with Crippen molar-refractivity contribution in [3.63, 3.8) is 0 Å². The number of hydrogen-bond donors (Lipinski definition) is 0. The van der Waals surface area contributed by atoms with Crippen molar-refractivity contribution >= 4 is 28.7 Å². The number of ether oxygens (including phenoxy) is 1. The SMILES string of the molecule is CCCc1nc2ccccc2n1CC(=O)N1CCCC2(CC1)CN(c1ccc(F)cc1)C(=O)O2. The number of nitrogens with zero attached hydrogens (tertiary/aromatic N) is 4. The van der Waals surface area contributed by atoms with E-state index in [-0.39, 0.29) is 18.3 Å². The second-order valence-corrected chi connectivity index (χ2v) is 9.20. The van der Waals surface area contributed by atoms with Crippen LogP contribution in [0.5, 0.6) is 0 Å². The molecule has 34 heavy (non-hydrogen) atoms. The number of carbonyl (C=O) groups is 2. The van der Waals surface area contributed by atoms with Gasteiger partial charge in [-0.15, -0.1) is 0 Å². The van der Waals surface area contributed by atoms with Gasteiger partial charge in [-0.05, 0) is 55.7 Å². The number of hydrogen-bond acceptors (Lipinski definition) is 4. The summed E-state index contributed by atoms with van der Waals surface area (Å²) in [4.78, 5) is 34.1. The lowest BCUT2D eigenvalue weighted by Crippen LogP contribution is -2.38. The van der Waals surface area contributed by atoms with Crippen LogP contribution < -0.4 is 4.90 Å². The van der Waals surface area contributed by atoms with Gasteiger partial charge < -0.3 is 14.2 Å². The first-order chi connectivity index (χ1) is 16.5. The molecule has 0 saturated carbocycles. The fourth-order valence-electron chi connectivity index (χ4n) is 5.07. The van der Waals surface area contributed by atoms with Gasteiger partial charge in [0.1, 0.15) is 23.8 Å². The van der Waals surface area contributed by atoms with Crippen LogP contribution in [0.15, 0.2) is 48.5 Å². The summed E-state index contributed by atoms with van der Waals surface area (Å²) in [5.74, 6) is 0.641. The van der Waals surface area contributed by atoms with E-state index in [4.69, 9.17) is 9.72 Å². The van der Waals surface area contributed by atoms with Gasteiger partial charge in [-0.2, -0.15) is 0 Å². The molecule has 2 amide bonds. The molecule has 2 aromatic carbocycles. The number of halogens is 1. The number of aromatic nitrogens is 2. The molecule has 2 aliphatic rings. The number of anilines is 1. The molecule has 0 radical (unpaired) electrons. The smallest absolute Gasteiger partial charge is 0.415 e. The third kappa shape index (κ3) is 4.24. The van der Waals surface area contributed by atoms with E-state index < -0.39 is 11.7 Å². The van der Waals surface area contributed by atoms with Crippen molar-refractivity contribution in [2.24, 2.45) is 0 Å². The van der Waals surface area contributed by atoms with Crippen LogP contribution in [0.2, 0.25) is 0 Å². The molecule has 1 atom stereocenters. The van der Waals surface area contributed by atoms with Gasteiger partial charge in [-0.3, -0.25) is 9.69 Å². The number of carbonyl (C=O) groups excluding carboxylic acids is 2. The van der Waals surface area contributed by atoms with Crippen LogP contribution in [0.4, 0.5) is 14.9 Å². The summed E-state index contributed by atoms with van der Waals surface area (Å²) < 4.78 is 21.2. The third-order valence-corrected chi connectivity index (χ3v) is 6.86. The van der Waals surface area contributed by atoms with Gasteiger partial charge >= 0.3 is 6.09 Å². The van der Waals surface area contributed by atoms with E-state index in [9.17, 15) is 14.0 Å². The third-order valence-electron chi connectivity index (χ3n) is 6.86. The number of benzene rings is 2. The van der Waals surface area contributed by atoms with Crippen LogP contribution in [0.25, 0.3) is 11.0 Å². The number of likely N-dealkylation sites (tertiary alicyclic amines) is 1. The summed E-state index contributed by atoms with van der Waals surface area (Å²) in [6.07, 6.45) is 3.38. The number of para-hydroxylation sites is 2. The molecule has 0 aliphatic carbocycles. The summed E-state index contributed by atoms with van der Waals surface area (Å²) in [7, 11) is 0. The van der Waals surface area contributed by atoms with E-state index in [0.29, 0.717) is 38.2 Å². The molecule has 0 N–H and O–H groups in total. The Balaban J connectivity index is 1.29. The Morgan fingerprint density at radius 1 is 1.12 bits per heavy atom. The molecule has 178 valence electrons. The number of aryl methyl sites for hydroxylation is 1. The number of imidazole rings is 1. The fraction of sp³-hybridized carbons (Fsp3) is 0.423. The summed E-state index contributed by atoms with van der Waals surface area (Å²) in [5, 5.41) is 0. The Morgan fingerprint density at radius 3 is 2.71 bits per heavy atom. The first kappa shape index (κ1) is 22.4. The fourth-order valence-corrected chi connectivity index (χ4v) is 5.07. The minimum atomic E-state index is -0.629. The summed E-state index contributed by atoms with van der Waals surface area (Å²) in [6.45, 7) is 3.93. The van der Waals surface area contributed by atoms with Gasteiger partial charge in [-0.1, -0.05) is 19.1 Å². The molecule has 8 heteroatoms. The average Bonchev–Trinajstić information content (AvgIpc) is 3.25. The van der Waals surface area contributed by atoms with Crippen LogP contribution in [0.1, 0.15) is 38.4 Å². The minimum absolute atomic E-state index is 0.0530. The van der Waals surface area contributed by atoms with Crippen LogP contribution in [0.3, 0.4) is 0 Å². The lowest BCUT2D eigenvalue weighted by Gasteiger charge is -2.26. The predicted octanol–water partition coefficient (Wildman–Crippen LogP) is 4.54. The van der Waals surface area contributed by atoms with E-state index in [0.717, 1.165) is 36.1 Å². The zero-order chi connectivity index (χ0) is 23.7. The van der Waals surface area contributed by atoms with Gasteiger partial charge in [0.25, 0.3) is 0 Å². The molecule has 7 nitrogen and oxygen atoms in total. The highest BCUT2D eigenvalue weighted by molar-refractivity contribution is 5.90. The highest BCUT2D eigenvalue weighted by Crippen LogP contribution is 2.36. The molecule has 1 spiro atoms. The molecule has 1 unspecified atom stereocenters. The molecule has 2 aliphatic heterocycles. The Bertz CT molecular complexity index is 1210. The summed E-state index contributed by atoms with van der Waals surface area (Å²) >= 11 is 0. The summed E-state index contributed by atoms with van der Waals surface area (Å²) in [6, 6.07) is 13.8. The lowest BCUT2D eigenvalue weighted by molar-refractivity contribution is -0.131. The van der Waals surface area contributed by atoms with E-state index in [1.165, 1.54) is 12.1 Å². The monoisotopic (exact) mass is 464 g/mol. The van der Waals surface area contributed by atoms with Gasteiger partial charge in [-0.25, -0.2) is 14.2 Å². The highest BCUT2D eigenvalue weighted by atomic mass is 19.1. The maximum Gasteiger partial charge on any atom is 0.415 e. The van der Waals surface area contributed by atoms with Crippen LogP contribution in [-0.2, 0) is 22.5 Å². The zero-order valence-corrected chi connectivity index (χ0v) is 19.4. The van der Waals surface area contributed by atoms with Crippen molar-refractivity contribution in [1.82, 2.24) is 14.5 Å². The molecule has 3 heterocycles. The van der Waals surface area contributed by atoms with E-state index in [2.05, 4.69) is 6.92 Å². The van der Waals surface area contributed by atoms with E-state index >= 15 is 0 Å². The normalized spacial score (nSPS) is 20.7. The van der Waals surface area contributed by atoms with Crippen molar-refractivity contribution in [2.45, 2.75) is 51.2 Å². The summed E-state index contributed by atoms with van der Waals surface area (Å²) in [5.41, 5.74) is 1.88. The number of rotatable bonds is 5. The van der Waals surface area contributed by atoms with Crippen molar-refractivity contribution in [3.05, 3.63) is 60.2 Å². The number of amides is 2. The maximum absolute atomic E-state index is 13.3. The molecular formula is C26H29FN4O3. The Morgan fingerprint density at radius 2 is 1.91 bits per heavy atom. The standard InChI is InChI=1S/C26H29FN4O3/c1-2-6-23-28-21-7-3-4-8-22(21)30(23)17-24(32)29-15-5-13-26(14-16-29)18-31(25(33)34-26)20-11-9-19(27)10-12-20/h3-4,7-12H,2,5-6,13-18H2,1H3. The van der Waals surface area contributed by atoms with Crippen LogP contribution in [-0.4, -0.2) is 51.7 Å². The highest BCUT2D eigenvalue weighted by Gasteiger charge is 2.46. The minimum Gasteiger partial charge on any atom is -0.441 e. The molecule has 5 rings (SSSR count). The molecule has 3 aromatic rings. The largest absolute Gasteiger partial charge is 0.441 e. The molecular weight excluding hydrogens is 435 g/mol. The number of fused-ring (bicyclic) bond motifs is 1. The predicted molar refractivity (Wildman–Crippen MR) is 127 cm³/mol. The molecule has 2 saturated heterocycles. The second kappa shape index (κ2) is 9.08.